The maximum absolute atomic E-state index is 11.2. The maximum Gasteiger partial charge on any atom is 0.152 e. The molecule has 0 aromatic carbocycles. The Balaban J connectivity index is -0.0000000861. The van der Waals surface area contributed by atoms with E-state index in [-0.39, 0.29) is 68.9 Å². The van der Waals surface area contributed by atoms with Gasteiger partial charge in [0.05, 0.1) is 30.0 Å². The summed E-state index contributed by atoms with van der Waals surface area (Å²) in [6.45, 7) is 18.6. The minimum Gasteiger partial charge on any atom is -0.386 e. The summed E-state index contributed by atoms with van der Waals surface area (Å²) in [6.07, 6.45) is 26.4. The van der Waals surface area contributed by atoms with Gasteiger partial charge in [-0.3, -0.25) is 0 Å². The van der Waals surface area contributed by atoms with E-state index >= 15 is 0 Å². The van der Waals surface area contributed by atoms with Gasteiger partial charge in [-0.05, 0) is 77.3 Å². The molecule has 23 heteroatoms. The first kappa shape index (κ1) is 73.8. The molecule has 19 nitrogen and oxygen atoms in total. The molecule has 53 heavy (non-hydrogen) atoms. The van der Waals surface area contributed by atoms with Crippen LogP contribution in [0, 0.1) is 35.4 Å². The van der Waals surface area contributed by atoms with Gasteiger partial charge in [0.25, 0.3) is 0 Å². The number of nitrogens with zero attached hydrogens (tertiary/aromatic N) is 6. The zero-order chi connectivity index (χ0) is 42.5. The van der Waals surface area contributed by atoms with Gasteiger partial charge >= 0.3 is 0 Å². The number of rotatable bonds is 22. The molecule has 3 unspecified atom stereocenters. The molecule has 0 aromatic heterocycles. The molecule has 0 fully saturated rings. The molecule has 0 heterocycles. The normalized spacial score (nSPS) is 10.7. The monoisotopic (exact) mass is 952 g/mol. The number of hydrogen-bond donors (Lipinski definition) is 7. The van der Waals surface area contributed by atoms with Gasteiger partial charge < -0.3 is 36.4 Å². The van der Waals surface area contributed by atoms with Crippen molar-refractivity contribution in [1.29, 1.82) is 0 Å². The predicted molar refractivity (Wildman–Crippen MR) is 223 cm³/mol. The van der Waals surface area contributed by atoms with Gasteiger partial charge in [0, 0.05) is 76.2 Å². The summed E-state index contributed by atoms with van der Waals surface area (Å²) in [5.74, 6) is 0.471. The van der Waals surface area contributed by atoms with E-state index in [0.29, 0.717) is 13.8 Å². The second kappa shape index (κ2) is 69.6. The molecule has 0 aliphatic carbocycles. The molecule has 0 aromatic rings. The van der Waals surface area contributed by atoms with Crippen molar-refractivity contribution in [2.75, 3.05) is 43.1 Å². The van der Waals surface area contributed by atoms with Crippen LogP contribution in [0.4, 0.5) is 0 Å². The molecule has 0 spiro atoms. The Labute approximate surface area is 380 Å². The average Bonchev–Trinajstić information content (AvgIpc) is 3.11. The van der Waals surface area contributed by atoms with E-state index in [1.807, 2.05) is 0 Å². The maximum atomic E-state index is 11.2. The van der Waals surface area contributed by atoms with E-state index in [1.165, 1.54) is 152 Å². The van der Waals surface area contributed by atoms with Gasteiger partial charge in [-0.25, -0.2) is 0 Å². The molecule has 0 aliphatic rings. The van der Waals surface area contributed by atoms with Gasteiger partial charge in [-0.15, -0.1) is 46.6 Å². The molecule has 3 atom stereocenters. The van der Waals surface area contributed by atoms with Gasteiger partial charge in [-0.1, -0.05) is 86.0 Å². The fourth-order valence-corrected chi connectivity index (χ4v) is 10.2. The summed E-state index contributed by atoms with van der Waals surface area (Å²) in [4.78, 5) is 48.7. The Morgan fingerprint density at radius 2 is 0.811 bits per heavy atom. The quantitative estimate of drug-likeness (QED) is 0.0230. The van der Waals surface area contributed by atoms with Gasteiger partial charge in [-0.2, -0.15) is 0 Å². The van der Waals surface area contributed by atoms with Crippen LogP contribution in [0.3, 0.4) is 0 Å². The zero-order valence-corrected chi connectivity index (χ0v) is 43.2. The van der Waals surface area contributed by atoms with Crippen LogP contribution in [0.15, 0.2) is 32.0 Å². The van der Waals surface area contributed by atoms with Crippen molar-refractivity contribution in [2.45, 2.75) is 144 Å². The van der Waals surface area contributed by atoms with Gasteiger partial charge in [0.15, 0.2) is 32.0 Å². The van der Waals surface area contributed by atoms with Crippen molar-refractivity contribution in [3.63, 3.8) is 0 Å². The first-order chi connectivity index (χ1) is 24.7. The Morgan fingerprint density at radius 3 is 1.06 bits per heavy atom. The first-order valence-corrected chi connectivity index (χ1v) is 22.6. The number of unbranched alkanes of at least 4 members (excludes halogenated alkanes) is 7. The molecule has 0 aliphatic heterocycles. The molecule has 0 amide bonds. The van der Waals surface area contributed by atoms with E-state index in [2.05, 4.69) is 64.6 Å². The van der Waals surface area contributed by atoms with Crippen LogP contribution >= 0.6 is 24.4 Å². The number of hydrogen-bond acceptors (Lipinski definition) is 13. The molecule has 0 saturated carbocycles. The van der Waals surface area contributed by atoms with Crippen LogP contribution in [0.25, 0.3) is 0 Å². The second-order valence-corrected chi connectivity index (χ2v) is 20.2. The van der Waals surface area contributed by atoms with Crippen molar-refractivity contribution in [3.8, 4) is 0 Å². The van der Waals surface area contributed by atoms with Gasteiger partial charge in [0.1, 0.15) is 0 Å². The molecule has 0 rings (SSSR count). The fourth-order valence-electron chi connectivity index (χ4n) is 5.15. The minimum atomic E-state index is -0.663. The van der Waals surface area contributed by atoms with E-state index in [4.69, 9.17) is 60.7 Å². The van der Waals surface area contributed by atoms with Crippen LogP contribution in [0.2, 0.25) is 0 Å². The van der Waals surface area contributed by atoms with Crippen molar-refractivity contribution in [2.24, 2.45) is 38.0 Å². The van der Waals surface area contributed by atoms with Gasteiger partial charge in [0.2, 0.25) is 0 Å². The summed E-state index contributed by atoms with van der Waals surface area (Å²) in [7, 11) is 2.65. The minimum absolute atomic E-state index is 0. The van der Waals surface area contributed by atoms with Crippen molar-refractivity contribution < 1.29 is 36.4 Å². The van der Waals surface area contributed by atoms with Crippen molar-refractivity contribution >= 4 is 93.3 Å². The van der Waals surface area contributed by atoms with Crippen LogP contribution in [-0.4, -0.2) is 154 Å². The van der Waals surface area contributed by atoms with E-state index in [9.17, 15) is 5.11 Å². The smallest absolute Gasteiger partial charge is 0.152 e. The zero-order valence-electron chi connectivity index (χ0n) is 34.0. The molecular weight excluding hydrogens is 878 g/mol. The Morgan fingerprint density at radius 1 is 0.528 bits per heavy atom. The second-order valence-electron chi connectivity index (χ2n) is 11.0. The summed E-state index contributed by atoms with van der Waals surface area (Å²) in [5, 5.41) is 58.0. The van der Waals surface area contributed by atoms with Crippen LogP contribution in [0.1, 0.15) is 139 Å². The molecular formula is C30H74CsN6O13P3+. The van der Waals surface area contributed by atoms with Crippen molar-refractivity contribution in [1.82, 2.24) is 0 Å². The third-order valence-electron chi connectivity index (χ3n) is 8.33. The van der Waals surface area contributed by atoms with Crippen LogP contribution in [0.5, 0.6) is 0 Å². The summed E-state index contributed by atoms with van der Waals surface area (Å²) >= 11 is 0. The number of aliphatic hydroxyl groups is 1. The molecule has 7 N–H and O–H groups in total. The summed E-state index contributed by atoms with van der Waals surface area (Å²) in [5.41, 5.74) is 0. The Kier molecular flexibility index (Phi) is 96.9. The third kappa shape index (κ3) is 73.4. The first-order valence-electron chi connectivity index (χ1n) is 17.6. The predicted octanol–water partition coefficient (Wildman–Crippen LogP) is 11.4. The summed E-state index contributed by atoms with van der Waals surface area (Å²) in [6, 6.07) is 0. The topological polar surface area (TPSA) is 318 Å². The Bertz CT molecular complexity index is 652. The van der Waals surface area contributed by atoms with E-state index in [1.54, 1.807) is 0 Å². The fraction of sp³-hybridized carbons (Fsp3) is 1.00. The Hall–Kier alpha value is -0.298. The van der Waals surface area contributed by atoms with E-state index in [0.717, 1.165) is 6.42 Å². The average molecular weight is 953 g/mol. The molecule has 0 saturated heterocycles. The summed E-state index contributed by atoms with van der Waals surface area (Å²) < 4.78 is 0. The molecule has 1 radical (unpaired) electrons. The molecule has 317 valence electrons. The largest absolute Gasteiger partial charge is 0.386 e. The molecule has 0 bridgehead atoms. The third-order valence-corrected chi connectivity index (χ3v) is 17.1. The standard InChI is InChI=1S/C24H53OP2.C6H15P.Cs.6HNO2/c1-6-11-13-15-19-23(24(25,26)21-17-14-12-7-2)20-16-18-22-27(8-3,9-4)10-5;1-4-7(5-2)6-3;;6*2-1-3/h23,25H,6-22,26H2,1-5H3;4-6H2,1-3H3;;6*(H,2,3)/q+1;;;;;;;;. The van der Waals surface area contributed by atoms with Crippen LogP contribution < -0.4 is 0 Å². The van der Waals surface area contributed by atoms with Crippen LogP contribution in [-0.2, 0) is 0 Å². The van der Waals surface area contributed by atoms with E-state index < -0.39 is 12.6 Å². The van der Waals surface area contributed by atoms with Crippen molar-refractivity contribution in [3.05, 3.63) is 29.4 Å². The SMILES string of the molecule is CCCCCCC(CCCC[P+](CC)(CC)CC)C(O)(P)CCCCCC.CCP(CC)CC.O=NO.O=NO.O=NO.O=NO.O=NO.O=NO.[Cs].